The summed E-state index contributed by atoms with van der Waals surface area (Å²) < 4.78 is 5.13. The number of hydrogen-bond donors (Lipinski definition) is 1. The summed E-state index contributed by atoms with van der Waals surface area (Å²) in [6, 6.07) is 14.9. The van der Waals surface area contributed by atoms with Crippen LogP contribution in [0.2, 0.25) is 0 Å². The fourth-order valence-corrected chi connectivity index (χ4v) is 3.35. The first-order chi connectivity index (χ1) is 12.1. The Bertz CT molecular complexity index is 897. The summed E-state index contributed by atoms with van der Waals surface area (Å²) in [6.07, 6.45) is 0. The molecule has 0 amide bonds. The van der Waals surface area contributed by atoms with Crippen LogP contribution in [0.1, 0.15) is 17.3 Å². The topological polar surface area (TPSA) is 64.1 Å². The van der Waals surface area contributed by atoms with E-state index in [-0.39, 0.29) is 11.0 Å². The SMILES string of the molecule is CNc1nc(S[C@H](C)C(=O)c2ccc(OC)cc2)nc2ccccc12. The fraction of sp³-hybridized carbons (Fsp3) is 0.211. The van der Waals surface area contributed by atoms with Crippen LogP contribution in [-0.4, -0.2) is 35.2 Å². The summed E-state index contributed by atoms with van der Waals surface area (Å²) in [4.78, 5) is 21.7. The van der Waals surface area contributed by atoms with Gasteiger partial charge in [0.25, 0.3) is 0 Å². The number of rotatable bonds is 6. The Kier molecular flexibility index (Phi) is 5.19. The van der Waals surface area contributed by atoms with Crippen LogP contribution in [0, 0.1) is 0 Å². The van der Waals surface area contributed by atoms with E-state index in [0.717, 1.165) is 22.5 Å². The summed E-state index contributed by atoms with van der Waals surface area (Å²) in [5.41, 5.74) is 1.50. The van der Waals surface area contributed by atoms with Gasteiger partial charge in [0.05, 0.1) is 17.9 Å². The van der Waals surface area contributed by atoms with E-state index in [0.29, 0.717) is 10.7 Å². The summed E-state index contributed by atoms with van der Waals surface area (Å²) in [6.45, 7) is 1.87. The Morgan fingerprint density at radius 2 is 1.84 bits per heavy atom. The Labute approximate surface area is 150 Å². The van der Waals surface area contributed by atoms with Crippen molar-refractivity contribution in [3.8, 4) is 5.75 Å². The monoisotopic (exact) mass is 353 g/mol. The Hall–Kier alpha value is -2.60. The summed E-state index contributed by atoms with van der Waals surface area (Å²) in [5.74, 6) is 1.53. The Morgan fingerprint density at radius 1 is 1.12 bits per heavy atom. The molecule has 1 atom stereocenters. The number of carbonyl (C=O) groups excluding carboxylic acids is 1. The second kappa shape index (κ2) is 7.53. The highest BCUT2D eigenvalue weighted by Crippen LogP contribution is 2.28. The number of fused-ring (bicyclic) bond motifs is 1. The van der Waals surface area contributed by atoms with E-state index in [2.05, 4.69) is 15.3 Å². The maximum atomic E-state index is 12.6. The van der Waals surface area contributed by atoms with Crippen molar-refractivity contribution in [2.24, 2.45) is 0 Å². The van der Waals surface area contributed by atoms with Gasteiger partial charge in [0, 0.05) is 18.0 Å². The lowest BCUT2D eigenvalue weighted by molar-refractivity contribution is 0.0994. The number of Topliss-reactive ketones (excluding diaryl/α,β-unsaturated/α-hetero) is 1. The minimum atomic E-state index is -0.292. The van der Waals surface area contributed by atoms with E-state index in [1.165, 1.54) is 11.8 Å². The molecule has 0 bridgehead atoms. The van der Waals surface area contributed by atoms with E-state index in [1.807, 2.05) is 38.2 Å². The summed E-state index contributed by atoms with van der Waals surface area (Å²) in [5, 5.41) is 4.34. The average molecular weight is 353 g/mol. The van der Waals surface area contributed by atoms with Gasteiger partial charge in [0.15, 0.2) is 10.9 Å². The third-order valence-electron chi connectivity index (χ3n) is 3.85. The van der Waals surface area contributed by atoms with E-state index >= 15 is 0 Å². The van der Waals surface area contributed by atoms with Gasteiger partial charge in [-0.25, -0.2) is 9.97 Å². The predicted octanol–water partition coefficient (Wildman–Crippen LogP) is 4.04. The molecule has 3 rings (SSSR count). The molecule has 2 aromatic carbocycles. The third-order valence-corrected chi connectivity index (χ3v) is 4.81. The first kappa shape index (κ1) is 17.2. The highest BCUT2D eigenvalue weighted by atomic mass is 32.2. The normalized spacial score (nSPS) is 12.0. The molecular formula is C19H19N3O2S. The molecule has 5 nitrogen and oxygen atoms in total. The molecule has 1 aromatic heterocycles. The first-order valence-electron chi connectivity index (χ1n) is 7.92. The highest BCUT2D eigenvalue weighted by Gasteiger charge is 2.19. The summed E-state index contributed by atoms with van der Waals surface area (Å²) in [7, 11) is 3.43. The van der Waals surface area contributed by atoms with Crippen LogP contribution >= 0.6 is 11.8 Å². The lowest BCUT2D eigenvalue weighted by atomic mass is 10.1. The number of carbonyl (C=O) groups is 1. The molecule has 0 aliphatic carbocycles. The molecule has 1 N–H and O–H groups in total. The van der Waals surface area contributed by atoms with Gasteiger partial charge in [-0.2, -0.15) is 0 Å². The van der Waals surface area contributed by atoms with Gasteiger partial charge in [-0.1, -0.05) is 23.9 Å². The first-order valence-corrected chi connectivity index (χ1v) is 8.80. The molecule has 0 saturated carbocycles. The molecular weight excluding hydrogens is 334 g/mol. The Morgan fingerprint density at radius 3 is 2.52 bits per heavy atom. The van der Waals surface area contributed by atoms with E-state index in [9.17, 15) is 4.79 Å². The van der Waals surface area contributed by atoms with E-state index < -0.39 is 0 Å². The number of nitrogens with one attached hydrogen (secondary N) is 1. The van der Waals surface area contributed by atoms with Crippen molar-refractivity contribution in [1.82, 2.24) is 9.97 Å². The molecule has 25 heavy (non-hydrogen) atoms. The largest absolute Gasteiger partial charge is 0.497 e. The van der Waals surface area contributed by atoms with Crippen LogP contribution in [0.25, 0.3) is 10.9 Å². The molecule has 0 fully saturated rings. The summed E-state index contributed by atoms with van der Waals surface area (Å²) >= 11 is 1.36. The standard InChI is InChI=1S/C19H19N3O2S/c1-12(17(23)13-8-10-14(24-3)11-9-13)25-19-21-16-7-5-4-6-15(16)18(20-2)22-19/h4-12H,1-3H3,(H,20,21,22)/t12-/m1/s1. The number of para-hydroxylation sites is 1. The van der Waals surface area contributed by atoms with Gasteiger partial charge in [-0.15, -0.1) is 0 Å². The van der Waals surface area contributed by atoms with Gasteiger partial charge in [-0.05, 0) is 43.3 Å². The zero-order valence-electron chi connectivity index (χ0n) is 14.3. The van der Waals surface area contributed by atoms with Crippen LogP contribution in [-0.2, 0) is 0 Å². The molecule has 0 aliphatic heterocycles. The number of hydrogen-bond acceptors (Lipinski definition) is 6. The Balaban J connectivity index is 1.83. The lowest BCUT2D eigenvalue weighted by Crippen LogP contribution is -2.14. The molecule has 6 heteroatoms. The van der Waals surface area contributed by atoms with Crippen LogP contribution in [0.15, 0.2) is 53.7 Å². The predicted molar refractivity (Wildman–Crippen MR) is 102 cm³/mol. The van der Waals surface area contributed by atoms with Gasteiger partial charge in [0.1, 0.15) is 11.6 Å². The van der Waals surface area contributed by atoms with Crippen LogP contribution < -0.4 is 10.1 Å². The number of thioether (sulfide) groups is 1. The van der Waals surface area contributed by atoms with Gasteiger partial charge in [-0.3, -0.25) is 4.79 Å². The second-order valence-electron chi connectivity index (χ2n) is 5.47. The van der Waals surface area contributed by atoms with Crippen molar-refractivity contribution < 1.29 is 9.53 Å². The minimum Gasteiger partial charge on any atom is -0.497 e. The lowest BCUT2D eigenvalue weighted by Gasteiger charge is -2.12. The van der Waals surface area contributed by atoms with Gasteiger partial charge < -0.3 is 10.1 Å². The fourth-order valence-electron chi connectivity index (χ4n) is 2.50. The van der Waals surface area contributed by atoms with Crippen molar-refractivity contribution >= 4 is 34.3 Å². The number of ketones is 1. The molecule has 3 aromatic rings. The quantitative estimate of drug-likeness (QED) is 0.410. The molecule has 0 saturated heterocycles. The second-order valence-corrected chi connectivity index (χ2v) is 6.78. The average Bonchev–Trinajstić information content (AvgIpc) is 2.66. The number of nitrogens with zero attached hydrogens (tertiary/aromatic N) is 2. The highest BCUT2D eigenvalue weighted by molar-refractivity contribution is 8.00. The number of aromatic nitrogens is 2. The maximum absolute atomic E-state index is 12.6. The van der Waals surface area contributed by atoms with Crippen molar-refractivity contribution in [2.75, 3.05) is 19.5 Å². The van der Waals surface area contributed by atoms with Gasteiger partial charge >= 0.3 is 0 Å². The van der Waals surface area contributed by atoms with Crippen molar-refractivity contribution in [3.05, 3.63) is 54.1 Å². The molecule has 1 heterocycles. The number of benzene rings is 2. The number of ether oxygens (including phenoxy) is 1. The molecule has 0 spiro atoms. The molecule has 0 unspecified atom stereocenters. The minimum absolute atomic E-state index is 0.0374. The van der Waals surface area contributed by atoms with E-state index in [1.54, 1.807) is 31.4 Å². The smallest absolute Gasteiger partial charge is 0.190 e. The van der Waals surface area contributed by atoms with Crippen LogP contribution in [0.3, 0.4) is 0 Å². The molecule has 0 radical (unpaired) electrons. The molecule has 128 valence electrons. The zero-order chi connectivity index (χ0) is 17.8. The van der Waals surface area contributed by atoms with Gasteiger partial charge in [0.2, 0.25) is 0 Å². The third kappa shape index (κ3) is 3.74. The number of methoxy groups -OCH3 is 1. The van der Waals surface area contributed by atoms with Crippen LogP contribution in [0.4, 0.5) is 5.82 Å². The van der Waals surface area contributed by atoms with Crippen molar-refractivity contribution in [3.63, 3.8) is 0 Å². The molecule has 0 aliphatic rings. The number of anilines is 1. The maximum Gasteiger partial charge on any atom is 0.190 e. The van der Waals surface area contributed by atoms with Crippen molar-refractivity contribution in [2.45, 2.75) is 17.3 Å². The van der Waals surface area contributed by atoms with E-state index in [4.69, 9.17) is 4.74 Å². The van der Waals surface area contributed by atoms with Crippen LogP contribution in [0.5, 0.6) is 5.75 Å². The zero-order valence-corrected chi connectivity index (χ0v) is 15.1. The van der Waals surface area contributed by atoms with Crippen molar-refractivity contribution in [1.29, 1.82) is 0 Å².